The molecule has 1 aromatic carbocycles. The van der Waals surface area contributed by atoms with Crippen molar-refractivity contribution < 1.29 is 13.2 Å². The smallest absolute Gasteiger partial charge is 0.328 e. The summed E-state index contributed by atoms with van der Waals surface area (Å²) < 4.78 is 37.2. The Morgan fingerprint density at radius 1 is 1.19 bits per heavy atom. The van der Waals surface area contributed by atoms with E-state index in [-0.39, 0.29) is 19.0 Å². The van der Waals surface area contributed by atoms with Crippen molar-refractivity contribution in [2.45, 2.75) is 18.6 Å². The van der Waals surface area contributed by atoms with Crippen LogP contribution >= 0.6 is 12.4 Å². The van der Waals surface area contributed by atoms with Gasteiger partial charge in [0.2, 0.25) is 0 Å². The predicted molar refractivity (Wildman–Crippen MR) is 59.3 cm³/mol. The second-order valence-corrected chi connectivity index (χ2v) is 3.70. The van der Waals surface area contributed by atoms with Gasteiger partial charge < -0.3 is 11.5 Å². The third-order valence-corrected chi connectivity index (χ3v) is 2.27. The highest BCUT2D eigenvalue weighted by Gasteiger charge is 2.31. The number of hydrogen-bond acceptors (Lipinski definition) is 2. The molecule has 4 N–H and O–H groups in total. The molecule has 92 valence electrons. The molecule has 1 unspecified atom stereocenters. The van der Waals surface area contributed by atoms with Crippen molar-refractivity contribution in [3.63, 3.8) is 0 Å². The van der Waals surface area contributed by atoms with Gasteiger partial charge in [0.25, 0.3) is 0 Å². The lowest BCUT2D eigenvalue weighted by Crippen LogP contribution is -2.40. The van der Waals surface area contributed by atoms with Crippen molar-refractivity contribution in [3.8, 4) is 0 Å². The maximum Gasteiger partial charge on any atom is 0.416 e. The number of alkyl halides is 3. The summed E-state index contributed by atoms with van der Waals surface area (Å²) in [7, 11) is 0. The van der Waals surface area contributed by atoms with E-state index in [1.54, 1.807) is 13.0 Å². The number of halogens is 4. The molecule has 0 saturated heterocycles. The Morgan fingerprint density at radius 2 is 1.69 bits per heavy atom. The van der Waals surface area contributed by atoms with Crippen LogP contribution in [0.4, 0.5) is 13.2 Å². The highest BCUT2D eigenvalue weighted by molar-refractivity contribution is 5.85. The van der Waals surface area contributed by atoms with Gasteiger partial charge in [0.05, 0.1) is 11.1 Å². The van der Waals surface area contributed by atoms with Crippen molar-refractivity contribution in [2.75, 3.05) is 6.54 Å². The topological polar surface area (TPSA) is 52.0 Å². The minimum atomic E-state index is -4.35. The van der Waals surface area contributed by atoms with E-state index in [0.29, 0.717) is 5.56 Å². The lowest BCUT2D eigenvalue weighted by Gasteiger charge is -2.23. The lowest BCUT2D eigenvalue weighted by atomic mass is 9.92. The molecule has 16 heavy (non-hydrogen) atoms. The zero-order chi connectivity index (χ0) is 11.7. The normalized spacial score (nSPS) is 15.1. The monoisotopic (exact) mass is 254 g/mol. The van der Waals surface area contributed by atoms with Crippen LogP contribution in [0, 0.1) is 0 Å². The summed E-state index contributed by atoms with van der Waals surface area (Å²) in [5, 5.41) is 0. The van der Waals surface area contributed by atoms with Crippen LogP contribution in [0.5, 0.6) is 0 Å². The van der Waals surface area contributed by atoms with E-state index in [9.17, 15) is 13.2 Å². The highest BCUT2D eigenvalue weighted by Crippen LogP contribution is 2.31. The molecule has 0 spiro atoms. The van der Waals surface area contributed by atoms with Crippen molar-refractivity contribution in [1.29, 1.82) is 0 Å². The molecule has 0 aliphatic rings. The summed E-state index contributed by atoms with van der Waals surface area (Å²) in [6, 6.07) is 4.92. The minimum absolute atomic E-state index is 0. The Kier molecular flexibility index (Phi) is 4.79. The van der Waals surface area contributed by atoms with Crippen LogP contribution in [-0.2, 0) is 11.7 Å². The van der Waals surface area contributed by atoms with Gasteiger partial charge in [-0.15, -0.1) is 12.4 Å². The van der Waals surface area contributed by atoms with Gasteiger partial charge in [-0.3, -0.25) is 0 Å². The van der Waals surface area contributed by atoms with Crippen LogP contribution in [0.2, 0.25) is 0 Å². The fourth-order valence-electron chi connectivity index (χ4n) is 1.17. The molecule has 0 aliphatic heterocycles. The van der Waals surface area contributed by atoms with Gasteiger partial charge in [0, 0.05) is 6.54 Å². The Bertz CT molecular complexity index is 350. The molecular weight excluding hydrogens is 241 g/mol. The molecule has 1 aromatic rings. The summed E-state index contributed by atoms with van der Waals surface area (Å²) in [6.45, 7) is 1.69. The largest absolute Gasteiger partial charge is 0.416 e. The molecule has 1 atom stereocenters. The second-order valence-electron chi connectivity index (χ2n) is 3.70. The van der Waals surface area contributed by atoms with Crippen LogP contribution in [0.3, 0.4) is 0 Å². The highest BCUT2D eigenvalue weighted by atomic mass is 35.5. The van der Waals surface area contributed by atoms with Gasteiger partial charge in [0.1, 0.15) is 0 Å². The van der Waals surface area contributed by atoms with Crippen molar-refractivity contribution in [1.82, 2.24) is 0 Å². The average molecular weight is 255 g/mol. The summed E-state index contributed by atoms with van der Waals surface area (Å²) in [6.07, 6.45) is -4.35. The third-order valence-electron chi connectivity index (χ3n) is 2.27. The zero-order valence-corrected chi connectivity index (χ0v) is 9.53. The third kappa shape index (κ3) is 3.37. The van der Waals surface area contributed by atoms with Gasteiger partial charge in [-0.05, 0) is 24.6 Å². The molecular formula is C10H14ClF3N2. The molecule has 0 radical (unpaired) electrons. The van der Waals surface area contributed by atoms with Crippen molar-refractivity contribution in [3.05, 3.63) is 35.4 Å². The molecule has 1 rings (SSSR count). The first kappa shape index (κ1) is 15.2. The summed E-state index contributed by atoms with van der Waals surface area (Å²) in [5.41, 5.74) is 9.90. The SMILES string of the molecule is CC(N)(CN)c1cccc(C(F)(F)F)c1.Cl. The Morgan fingerprint density at radius 3 is 2.12 bits per heavy atom. The number of nitrogens with two attached hydrogens (primary N) is 2. The molecule has 0 bridgehead atoms. The second kappa shape index (κ2) is 5.03. The van der Waals surface area contributed by atoms with Crippen LogP contribution in [-0.4, -0.2) is 6.54 Å². The first-order chi connectivity index (χ1) is 6.77. The van der Waals surface area contributed by atoms with Gasteiger partial charge in [-0.1, -0.05) is 12.1 Å². The minimum Gasteiger partial charge on any atom is -0.328 e. The van der Waals surface area contributed by atoms with Crippen molar-refractivity contribution >= 4 is 12.4 Å². The summed E-state index contributed by atoms with van der Waals surface area (Å²) in [4.78, 5) is 0. The van der Waals surface area contributed by atoms with E-state index >= 15 is 0 Å². The maximum atomic E-state index is 12.4. The maximum absolute atomic E-state index is 12.4. The van der Waals surface area contributed by atoms with Crippen LogP contribution in [0.1, 0.15) is 18.1 Å². The van der Waals surface area contributed by atoms with E-state index in [4.69, 9.17) is 11.5 Å². The van der Waals surface area contributed by atoms with Crippen LogP contribution in [0.25, 0.3) is 0 Å². The van der Waals surface area contributed by atoms with E-state index in [2.05, 4.69) is 0 Å². The molecule has 0 saturated carbocycles. The molecule has 0 heterocycles. The van der Waals surface area contributed by atoms with Crippen LogP contribution < -0.4 is 11.5 Å². The van der Waals surface area contributed by atoms with Gasteiger partial charge in [0.15, 0.2) is 0 Å². The first-order valence-electron chi connectivity index (χ1n) is 4.44. The van der Waals surface area contributed by atoms with Gasteiger partial charge >= 0.3 is 6.18 Å². The molecule has 0 amide bonds. The Balaban J connectivity index is 0.00000225. The Hall–Kier alpha value is -0.780. The van der Waals surface area contributed by atoms with E-state index in [1.165, 1.54) is 6.07 Å². The summed E-state index contributed by atoms with van der Waals surface area (Å²) >= 11 is 0. The van der Waals surface area contributed by atoms with Crippen LogP contribution in [0.15, 0.2) is 24.3 Å². The fraction of sp³-hybridized carbons (Fsp3) is 0.400. The Labute approximate surface area is 98.2 Å². The number of rotatable bonds is 2. The molecule has 0 aliphatic carbocycles. The quantitative estimate of drug-likeness (QED) is 0.851. The first-order valence-corrected chi connectivity index (χ1v) is 4.44. The van der Waals surface area contributed by atoms with E-state index < -0.39 is 17.3 Å². The standard InChI is InChI=1S/C10H13F3N2.ClH/c1-9(15,6-14)7-3-2-4-8(5-7)10(11,12)13;/h2-5H,6,14-15H2,1H3;1H. The molecule has 0 fully saturated rings. The zero-order valence-electron chi connectivity index (χ0n) is 8.71. The number of benzene rings is 1. The van der Waals surface area contributed by atoms with E-state index in [1.807, 2.05) is 0 Å². The average Bonchev–Trinajstić information content (AvgIpc) is 2.17. The molecule has 6 heteroatoms. The van der Waals surface area contributed by atoms with Gasteiger partial charge in [-0.2, -0.15) is 13.2 Å². The number of hydrogen-bond donors (Lipinski definition) is 2. The fourth-order valence-corrected chi connectivity index (χ4v) is 1.17. The van der Waals surface area contributed by atoms with Crippen molar-refractivity contribution in [2.24, 2.45) is 11.5 Å². The molecule has 2 nitrogen and oxygen atoms in total. The van der Waals surface area contributed by atoms with E-state index in [0.717, 1.165) is 12.1 Å². The van der Waals surface area contributed by atoms with Gasteiger partial charge in [-0.25, -0.2) is 0 Å². The lowest BCUT2D eigenvalue weighted by molar-refractivity contribution is -0.137. The molecule has 0 aromatic heterocycles. The summed E-state index contributed by atoms with van der Waals surface area (Å²) in [5.74, 6) is 0. The predicted octanol–water partition coefficient (Wildman–Crippen LogP) is 2.26.